The van der Waals surface area contributed by atoms with Crippen molar-refractivity contribution < 1.29 is 21.6 Å². The van der Waals surface area contributed by atoms with E-state index in [1.165, 1.54) is 0 Å². The molecule has 19 heavy (non-hydrogen) atoms. The largest absolute Gasteiger partial charge is 0.246 e. The van der Waals surface area contributed by atoms with Crippen LogP contribution in [0.3, 0.4) is 0 Å². The fraction of sp³-hybridized carbons (Fsp3) is 0.455. The van der Waals surface area contributed by atoms with Crippen LogP contribution in [-0.2, 0) is 10.0 Å². The maximum atomic E-state index is 13.4. The first-order valence-electron chi connectivity index (χ1n) is 5.54. The molecule has 0 aliphatic carbocycles. The van der Waals surface area contributed by atoms with Crippen molar-refractivity contribution in [3.8, 4) is 0 Å². The predicted octanol–water partition coefficient (Wildman–Crippen LogP) is 2.79. The molecule has 0 aliphatic heterocycles. The molecule has 0 aliphatic rings. The third kappa shape index (κ3) is 4.09. The van der Waals surface area contributed by atoms with Crippen molar-refractivity contribution >= 4 is 21.6 Å². The average Bonchev–Trinajstić information content (AvgIpc) is 2.25. The maximum absolute atomic E-state index is 13.4. The standard InChI is InChI=1S/C11H13ClF3NO2S/c1-2-8(3-4-12)16-19(17,18)11-9(14)5-7(13)6-10(11)15/h5-6,8,16H,2-4H2,1H3. The molecule has 0 fully saturated rings. The lowest BCUT2D eigenvalue weighted by molar-refractivity contribution is 0.484. The van der Waals surface area contributed by atoms with Crippen molar-refractivity contribution in [2.24, 2.45) is 0 Å². The number of alkyl halides is 1. The molecule has 0 bridgehead atoms. The van der Waals surface area contributed by atoms with Crippen LogP contribution in [0.25, 0.3) is 0 Å². The van der Waals surface area contributed by atoms with Crippen LogP contribution in [0.5, 0.6) is 0 Å². The second kappa shape index (κ2) is 6.58. The van der Waals surface area contributed by atoms with Crippen LogP contribution in [0.1, 0.15) is 19.8 Å². The van der Waals surface area contributed by atoms with E-state index in [0.29, 0.717) is 25.0 Å². The quantitative estimate of drug-likeness (QED) is 0.821. The fourth-order valence-corrected chi connectivity index (χ4v) is 3.28. The summed E-state index contributed by atoms with van der Waals surface area (Å²) in [5.41, 5.74) is 0. The van der Waals surface area contributed by atoms with E-state index in [1.807, 2.05) is 0 Å². The van der Waals surface area contributed by atoms with Gasteiger partial charge in [0.15, 0.2) is 4.90 Å². The van der Waals surface area contributed by atoms with Gasteiger partial charge in [0.05, 0.1) is 0 Å². The minimum absolute atomic E-state index is 0.204. The summed E-state index contributed by atoms with van der Waals surface area (Å²) in [6, 6.07) is 0.103. The fourth-order valence-electron chi connectivity index (χ4n) is 1.54. The monoisotopic (exact) mass is 315 g/mol. The Kier molecular flexibility index (Phi) is 5.64. The van der Waals surface area contributed by atoms with Crippen molar-refractivity contribution in [1.82, 2.24) is 4.72 Å². The van der Waals surface area contributed by atoms with Crippen LogP contribution in [0.15, 0.2) is 17.0 Å². The molecule has 0 amide bonds. The van der Waals surface area contributed by atoms with Gasteiger partial charge < -0.3 is 0 Å². The molecule has 8 heteroatoms. The maximum Gasteiger partial charge on any atom is 0.246 e. The highest BCUT2D eigenvalue weighted by atomic mass is 35.5. The zero-order valence-corrected chi connectivity index (χ0v) is 11.7. The first-order valence-corrected chi connectivity index (χ1v) is 7.56. The van der Waals surface area contributed by atoms with Crippen LogP contribution >= 0.6 is 11.6 Å². The van der Waals surface area contributed by atoms with Gasteiger partial charge in [-0.1, -0.05) is 6.92 Å². The summed E-state index contributed by atoms with van der Waals surface area (Å²) >= 11 is 5.50. The van der Waals surface area contributed by atoms with Gasteiger partial charge in [-0.3, -0.25) is 0 Å². The van der Waals surface area contributed by atoms with E-state index in [-0.39, 0.29) is 5.88 Å². The third-order valence-electron chi connectivity index (χ3n) is 2.50. The SMILES string of the molecule is CCC(CCCl)NS(=O)(=O)c1c(F)cc(F)cc1F. The van der Waals surface area contributed by atoms with Crippen molar-refractivity contribution in [3.63, 3.8) is 0 Å². The van der Waals surface area contributed by atoms with E-state index in [9.17, 15) is 21.6 Å². The molecular weight excluding hydrogens is 303 g/mol. The summed E-state index contributed by atoms with van der Waals surface area (Å²) in [5, 5.41) is 0. The van der Waals surface area contributed by atoms with E-state index >= 15 is 0 Å². The van der Waals surface area contributed by atoms with E-state index in [1.54, 1.807) is 6.92 Å². The van der Waals surface area contributed by atoms with Gasteiger partial charge in [-0.05, 0) is 12.8 Å². The first kappa shape index (κ1) is 16.3. The summed E-state index contributed by atoms with van der Waals surface area (Å²) in [5.74, 6) is -3.91. The van der Waals surface area contributed by atoms with Crippen LogP contribution in [0.2, 0.25) is 0 Å². The minimum atomic E-state index is -4.40. The van der Waals surface area contributed by atoms with Gasteiger partial charge in [0.1, 0.15) is 17.5 Å². The lowest BCUT2D eigenvalue weighted by Gasteiger charge is -2.16. The van der Waals surface area contributed by atoms with Gasteiger partial charge in [0.2, 0.25) is 10.0 Å². The topological polar surface area (TPSA) is 46.2 Å². The van der Waals surface area contributed by atoms with Gasteiger partial charge in [-0.2, -0.15) is 0 Å². The third-order valence-corrected chi connectivity index (χ3v) is 4.29. The Morgan fingerprint density at radius 3 is 2.21 bits per heavy atom. The zero-order chi connectivity index (χ0) is 14.6. The number of sulfonamides is 1. The van der Waals surface area contributed by atoms with E-state index in [0.717, 1.165) is 0 Å². The molecule has 0 spiro atoms. The Morgan fingerprint density at radius 1 is 1.26 bits per heavy atom. The van der Waals surface area contributed by atoms with Gasteiger partial charge in [-0.25, -0.2) is 26.3 Å². The molecule has 1 aromatic carbocycles. The van der Waals surface area contributed by atoms with E-state index in [2.05, 4.69) is 4.72 Å². The predicted molar refractivity (Wildman–Crippen MR) is 66.1 cm³/mol. The number of rotatable bonds is 6. The Labute approximate surface area is 114 Å². The van der Waals surface area contributed by atoms with Gasteiger partial charge in [-0.15, -0.1) is 11.6 Å². The van der Waals surface area contributed by atoms with Crippen molar-refractivity contribution in [2.45, 2.75) is 30.7 Å². The molecule has 0 radical (unpaired) electrons. The summed E-state index contributed by atoms with van der Waals surface area (Å²) in [4.78, 5) is -1.18. The van der Waals surface area contributed by atoms with E-state index in [4.69, 9.17) is 11.6 Å². The van der Waals surface area contributed by atoms with Crippen LogP contribution in [0.4, 0.5) is 13.2 Å². The molecule has 0 saturated heterocycles. The normalized spacial score (nSPS) is 13.5. The molecule has 3 nitrogen and oxygen atoms in total. The zero-order valence-electron chi connectivity index (χ0n) is 10.1. The van der Waals surface area contributed by atoms with Gasteiger partial charge in [0.25, 0.3) is 0 Å². The highest BCUT2D eigenvalue weighted by molar-refractivity contribution is 7.89. The van der Waals surface area contributed by atoms with Gasteiger partial charge >= 0.3 is 0 Å². The number of benzene rings is 1. The lowest BCUT2D eigenvalue weighted by atomic mass is 10.2. The number of nitrogens with one attached hydrogen (secondary N) is 1. The van der Waals surface area contributed by atoms with Crippen molar-refractivity contribution in [1.29, 1.82) is 0 Å². The number of hydrogen-bond acceptors (Lipinski definition) is 2. The highest BCUT2D eigenvalue weighted by Gasteiger charge is 2.27. The summed E-state index contributed by atoms with van der Waals surface area (Å²) in [6.45, 7) is 1.71. The smallest absolute Gasteiger partial charge is 0.208 e. The molecule has 0 aromatic heterocycles. The molecular formula is C11H13ClF3NO2S. The van der Waals surface area contributed by atoms with Crippen molar-refractivity contribution in [2.75, 3.05) is 5.88 Å². The highest BCUT2D eigenvalue weighted by Crippen LogP contribution is 2.20. The van der Waals surface area contributed by atoms with Gasteiger partial charge in [0, 0.05) is 24.1 Å². The molecule has 1 rings (SSSR count). The molecule has 0 saturated carbocycles. The lowest BCUT2D eigenvalue weighted by Crippen LogP contribution is -2.35. The summed E-state index contributed by atoms with van der Waals surface area (Å²) in [7, 11) is -4.40. The van der Waals surface area contributed by atoms with Crippen molar-refractivity contribution in [3.05, 3.63) is 29.6 Å². The Balaban J connectivity index is 3.14. The molecule has 1 unspecified atom stereocenters. The van der Waals surface area contributed by atoms with Crippen LogP contribution in [-0.4, -0.2) is 20.3 Å². The Hall–Kier alpha value is -0.790. The average molecular weight is 316 g/mol. The molecule has 1 N–H and O–H groups in total. The second-order valence-corrected chi connectivity index (χ2v) is 5.93. The first-order chi connectivity index (χ1) is 8.81. The Bertz CT molecular complexity index is 528. The molecule has 1 aromatic rings. The molecule has 108 valence electrons. The minimum Gasteiger partial charge on any atom is -0.208 e. The molecule has 1 atom stereocenters. The number of halogens is 4. The van der Waals surface area contributed by atoms with E-state index < -0.39 is 38.4 Å². The number of hydrogen-bond donors (Lipinski definition) is 1. The van der Waals surface area contributed by atoms with Crippen LogP contribution < -0.4 is 4.72 Å². The molecule has 0 heterocycles. The van der Waals surface area contributed by atoms with Crippen LogP contribution in [0, 0.1) is 17.5 Å². The summed E-state index contributed by atoms with van der Waals surface area (Å²) in [6.07, 6.45) is 0.734. The second-order valence-electron chi connectivity index (χ2n) is 3.90. The summed E-state index contributed by atoms with van der Waals surface area (Å²) < 4.78 is 65.5. The Morgan fingerprint density at radius 2 is 1.79 bits per heavy atom.